The molecule has 0 aromatic heterocycles. The number of nitrogens with two attached hydrogens (primary N) is 1. The van der Waals surface area contributed by atoms with Crippen LogP contribution in [0.15, 0.2) is 0 Å². The maximum atomic E-state index is 12.2. The quantitative estimate of drug-likeness (QED) is 0.776. The molecule has 7 heteroatoms. The molecule has 2 fully saturated rings. The average molecular weight is 370 g/mol. The fraction of sp³-hybridized carbons (Fsp3) is 0.938. The molecule has 2 rings (SSSR count). The van der Waals surface area contributed by atoms with Gasteiger partial charge in [-0.25, -0.2) is 0 Å². The Balaban J connectivity index is 0.00000242. The number of carbonyl (C=O) groups is 1. The molecule has 2 saturated heterocycles. The summed E-state index contributed by atoms with van der Waals surface area (Å²) in [6, 6.07) is -0.0769. The number of hydrogen-bond acceptors (Lipinski definition) is 4. The van der Waals surface area contributed by atoms with E-state index in [4.69, 9.17) is 10.5 Å². The van der Waals surface area contributed by atoms with Crippen LogP contribution in [0.4, 0.5) is 0 Å². The molecule has 2 aliphatic rings. The fourth-order valence-electron chi connectivity index (χ4n) is 3.11. The molecule has 0 radical (unpaired) electrons. The first-order chi connectivity index (χ1) is 10.1. The van der Waals surface area contributed by atoms with Crippen molar-refractivity contribution in [3.63, 3.8) is 0 Å². The van der Waals surface area contributed by atoms with E-state index in [1.807, 2.05) is 18.7 Å². The van der Waals surface area contributed by atoms with E-state index in [9.17, 15) is 4.79 Å². The van der Waals surface area contributed by atoms with Crippen LogP contribution in [0.3, 0.4) is 0 Å². The van der Waals surface area contributed by atoms with Crippen molar-refractivity contribution in [1.82, 2.24) is 9.80 Å². The first kappa shape index (κ1) is 22.9. The van der Waals surface area contributed by atoms with Crippen molar-refractivity contribution in [3.05, 3.63) is 0 Å². The van der Waals surface area contributed by atoms with Gasteiger partial charge >= 0.3 is 0 Å². The van der Waals surface area contributed by atoms with Gasteiger partial charge < -0.3 is 20.3 Å². The molecule has 0 spiro atoms. The first-order valence-electron chi connectivity index (χ1n) is 8.46. The Morgan fingerprint density at radius 3 is 2.22 bits per heavy atom. The normalized spacial score (nSPS) is 22.1. The van der Waals surface area contributed by atoms with Crippen LogP contribution in [0.25, 0.3) is 0 Å². The molecule has 1 amide bonds. The van der Waals surface area contributed by atoms with E-state index in [0.29, 0.717) is 6.10 Å². The van der Waals surface area contributed by atoms with Gasteiger partial charge in [0, 0.05) is 25.7 Å². The zero-order chi connectivity index (χ0) is 15.2. The van der Waals surface area contributed by atoms with Gasteiger partial charge in [-0.2, -0.15) is 0 Å². The van der Waals surface area contributed by atoms with Crippen LogP contribution in [-0.2, 0) is 9.53 Å². The van der Waals surface area contributed by atoms with Crippen molar-refractivity contribution in [1.29, 1.82) is 0 Å². The third kappa shape index (κ3) is 7.14. The first-order valence-corrected chi connectivity index (χ1v) is 8.46. The highest BCUT2D eigenvalue weighted by molar-refractivity contribution is 5.85. The number of ether oxygens (including phenoxy) is 1. The van der Waals surface area contributed by atoms with Gasteiger partial charge in [0.2, 0.25) is 5.91 Å². The number of hydrogen-bond donors (Lipinski definition) is 1. The molecule has 2 aliphatic heterocycles. The number of nitrogens with zero attached hydrogens (tertiary/aromatic N) is 2. The minimum absolute atomic E-state index is 0. The maximum absolute atomic E-state index is 12.2. The monoisotopic (exact) mass is 369 g/mol. The molecule has 5 nitrogen and oxygen atoms in total. The highest BCUT2D eigenvalue weighted by Gasteiger charge is 2.27. The number of halogens is 2. The third-order valence-electron chi connectivity index (χ3n) is 4.89. The van der Waals surface area contributed by atoms with Crippen molar-refractivity contribution < 1.29 is 9.53 Å². The van der Waals surface area contributed by atoms with E-state index in [1.165, 1.54) is 25.9 Å². The Morgan fingerprint density at radius 1 is 1.13 bits per heavy atom. The molecule has 2 N–H and O–H groups in total. The van der Waals surface area contributed by atoms with Crippen molar-refractivity contribution in [2.45, 2.75) is 51.7 Å². The van der Waals surface area contributed by atoms with Crippen LogP contribution in [-0.4, -0.2) is 67.2 Å². The van der Waals surface area contributed by atoms with Crippen LogP contribution in [0, 0.1) is 5.92 Å². The second-order valence-corrected chi connectivity index (χ2v) is 6.59. The second kappa shape index (κ2) is 11.5. The number of carbonyl (C=O) groups excluding carboxylic acids is 1. The van der Waals surface area contributed by atoms with E-state index in [2.05, 4.69) is 4.90 Å². The summed E-state index contributed by atoms with van der Waals surface area (Å²) in [6.07, 6.45) is 4.90. The van der Waals surface area contributed by atoms with E-state index in [1.54, 1.807) is 0 Å². The van der Waals surface area contributed by atoms with Crippen LogP contribution in [0.5, 0.6) is 0 Å². The molecular formula is C16H33Cl2N3O2. The van der Waals surface area contributed by atoms with Gasteiger partial charge in [0.1, 0.15) is 0 Å². The molecule has 0 bridgehead atoms. The summed E-state index contributed by atoms with van der Waals surface area (Å²) in [4.78, 5) is 16.7. The Labute approximate surface area is 153 Å². The van der Waals surface area contributed by atoms with E-state index < -0.39 is 0 Å². The molecule has 23 heavy (non-hydrogen) atoms. The van der Waals surface area contributed by atoms with E-state index in [-0.39, 0.29) is 42.7 Å². The lowest BCUT2D eigenvalue weighted by atomic mass is 10.0. The van der Waals surface area contributed by atoms with Crippen LogP contribution in [0.2, 0.25) is 0 Å². The van der Waals surface area contributed by atoms with E-state index in [0.717, 1.165) is 39.1 Å². The summed E-state index contributed by atoms with van der Waals surface area (Å²) in [7, 11) is 0. The van der Waals surface area contributed by atoms with Gasteiger partial charge in [0.25, 0.3) is 0 Å². The van der Waals surface area contributed by atoms with Gasteiger partial charge in [0.15, 0.2) is 0 Å². The molecule has 0 saturated carbocycles. The standard InChI is InChI=1S/C16H31N3O2.2ClH/c1-13(14(2)17)16(20)19-9-5-15(6-10-19)21-12-11-18-7-3-4-8-18;;/h13-15H,3-12,17H2,1-2H3;2*1H. The summed E-state index contributed by atoms with van der Waals surface area (Å²) in [5.74, 6) is 0.109. The van der Waals surface area contributed by atoms with Gasteiger partial charge in [-0.3, -0.25) is 4.79 Å². The van der Waals surface area contributed by atoms with Crippen LogP contribution < -0.4 is 5.73 Å². The SMILES string of the molecule is CC(N)C(C)C(=O)N1CCC(OCCN2CCCC2)CC1.Cl.Cl. The lowest BCUT2D eigenvalue weighted by molar-refractivity contribution is -0.138. The van der Waals surface area contributed by atoms with Crippen LogP contribution in [0.1, 0.15) is 39.5 Å². The molecule has 2 atom stereocenters. The number of rotatable bonds is 6. The number of piperidine rings is 1. The predicted octanol–water partition coefficient (Wildman–Crippen LogP) is 1.92. The Bertz CT molecular complexity index is 331. The summed E-state index contributed by atoms with van der Waals surface area (Å²) in [5.41, 5.74) is 5.82. The fourth-order valence-corrected chi connectivity index (χ4v) is 3.11. The maximum Gasteiger partial charge on any atom is 0.226 e. The topological polar surface area (TPSA) is 58.8 Å². The van der Waals surface area contributed by atoms with Crippen molar-refractivity contribution >= 4 is 30.7 Å². The van der Waals surface area contributed by atoms with Gasteiger partial charge in [-0.15, -0.1) is 24.8 Å². The second-order valence-electron chi connectivity index (χ2n) is 6.59. The number of amides is 1. The Morgan fingerprint density at radius 2 is 1.70 bits per heavy atom. The van der Waals surface area contributed by atoms with Crippen LogP contribution >= 0.6 is 24.8 Å². The van der Waals surface area contributed by atoms with Gasteiger partial charge in [-0.1, -0.05) is 6.92 Å². The molecule has 2 heterocycles. The third-order valence-corrected chi connectivity index (χ3v) is 4.89. The number of likely N-dealkylation sites (tertiary alicyclic amines) is 2. The van der Waals surface area contributed by atoms with E-state index >= 15 is 0 Å². The Hall–Kier alpha value is -0.0700. The average Bonchev–Trinajstić information content (AvgIpc) is 2.99. The molecule has 0 aromatic carbocycles. The lowest BCUT2D eigenvalue weighted by Gasteiger charge is -2.34. The minimum atomic E-state index is -0.0855. The smallest absolute Gasteiger partial charge is 0.226 e. The zero-order valence-corrected chi connectivity index (χ0v) is 16.0. The summed E-state index contributed by atoms with van der Waals surface area (Å²) in [6.45, 7) is 9.78. The van der Waals surface area contributed by atoms with Crippen molar-refractivity contribution in [2.75, 3.05) is 39.3 Å². The van der Waals surface area contributed by atoms with Gasteiger partial charge in [0.05, 0.1) is 18.6 Å². The molecule has 0 aliphatic carbocycles. The predicted molar refractivity (Wildman–Crippen MR) is 98.5 cm³/mol. The highest BCUT2D eigenvalue weighted by Crippen LogP contribution is 2.17. The highest BCUT2D eigenvalue weighted by atomic mass is 35.5. The largest absolute Gasteiger partial charge is 0.377 e. The lowest BCUT2D eigenvalue weighted by Crippen LogP contribution is -2.46. The molecule has 2 unspecified atom stereocenters. The summed E-state index contributed by atoms with van der Waals surface area (Å²) >= 11 is 0. The van der Waals surface area contributed by atoms with Crippen molar-refractivity contribution in [3.8, 4) is 0 Å². The molecule has 0 aromatic rings. The zero-order valence-electron chi connectivity index (χ0n) is 14.4. The molecule has 138 valence electrons. The summed E-state index contributed by atoms with van der Waals surface area (Å²) in [5, 5.41) is 0. The van der Waals surface area contributed by atoms with Gasteiger partial charge in [-0.05, 0) is 45.7 Å². The Kier molecular flexibility index (Phi) is 11.4. The minimum Gasteiger partial charge on any atom is -0.377 e. The summed E-state index contributed by atoms with van der Waals surface area (Å²) < 4.78 is 5.98. The molecular weight excluding hydrogens is 337 g/mol. The van der Waals surface area contributed by atoms with Crippen molar-refractivity contribution in [2.24, 2.45) is 11.7 Å².